The first-order valence-corrected chi connectivity index (χ1v) is 9.04. The van der Waals surface area contributed by atoms with Crippen LogP contribution in [0.3, 0.4) is 0 Å². The van der Waals surface area contributed by atoms with Gasteiger partial charge in [-0.1, -0.05) is 17.7 Å². The summed E-state index contributed by atoms with van der Waals surface area (Å²) >= 11 is 7.50. The molecule has 1 aromatic carbocycles. The first-order valence-electron chi connectivity index (χ1n) is 6.37. The molecule has 2 rings (SSSR count). The second-order valence-corrected chi connectivity index (χ2v) is 8.08. The average molecular weight is 345 g/mol. The minimum Gasteiger partial charge on any atom is -0.315 e. The van der Waals surface area contributed by atoms with Gasteiger partial charge in [-0.15, -0.1) is 11.3 Å². The Morgan fingerprint density at radius 1 is 1.29 bits per heavy atom. The predicted molar refractivity (Wildman–Crippen MR) is 88.8 cm³/mol. The Labute approximate surface area is 134 Å². The van der Waals surface area contributed by atoms with Crippen LogP contribution >= 0.6 is 22.9 Å². The van der Waals surface area contributed by atoms with Crippen molar-refractivity contribution in [3.63, 3.8) is 0 Å². The Kier molecular flexibility index (Phi) is 4.93. The van der Waals surface area contributed by atoms with Crippen LogP contribution in [0.4, 0.5) is 5.69 Å². The van der Waals surface area contributed by atoms with Gasteiger partial charge in [-0.25, -0.2) is 8.42 Å². The number of benzene rings is 1. The van der Waals surface area contributed by atoms with E-state index >= 15 is 0 Å². The molecule has 7 heteroatoms. The number of halogens is 1. The quantitative estimate of drug-likeness (QED) is 0.872. The maximum absolute atomic E-state index is 12.5. The lowest BCUT2D eigenvalue weighted by molar-refractivity contribution is 0.601. The molecule has 0 atom stereocenters. The zero-order valence-corrected chi connectivity index (χ0v) is 14.4. The fourth-order valence-corrected chi connectivity index (χ4v) is 4.92. The number of nitrogens with one attached hydrogen (secondary N) is 2. The Bertz CT molecular complexity index is 754. The van der Waals surface area contributed by atoms with E-state index in [0.29, 0.717) is 27.7 Å². The van der Waals surface area contributed by atoms with Gasteiger partial charge in [0.25, 0.3) is 10.0 Å². The molecular weight excluding hydrogens is 328 g/mol. The zero-order valence-electron chi connectivity index (χ0n) is 12.0. The van der Waals surface area contributed by atoms with Gasteiger partial charge in [0, 0.05) is 21.3 Å². The second kappa shape index (κ2) is 6.36. The molecule has 0 bridgehead atoms. The van der Waals surface area contributed by atoms with Gasteiger partial charge in [0.1, 0.15) is 4.90 Å². The van der Waals surface area contributed by atoms with E-state index in [1.165, 1.54) is 11.3 Å². The number of sulfonamides is 1. The van der Waals surface area contributed by atoms with E-state index in [1.807, 2.05) is 14.0 Å². The molecule has 0 aliphatic rings. The van der Waals surface area contributed by atoms with Crippen molar-refractivity contribution in [2.24, 2.45) is 0 Å². The average Bonchev–Trinajstić information content (AvgIpc) is 2.77. The van der Waals surface area contributed by atoms with Crippen molar-refractivity contribution in [2.45, 2.75) is 25.3 Å². The molecule has 0 spiro atoms. The highest BCUT2D eigenvalue weighted by Gasteiger charge is 2.21. The van der Waals surface area contributed by atoms with E-state index in [2.05, 4.69) is 10.0 Å². The van der Waals surface area contributed by atoms with Gasteiger partial charge >= 0.3 is 0 Å². The van der Waals surface area contributed by atoms with Gasteiger partial charge in [0.15, 0.2) is 0 Å². The third-order valence-corrected chi connectivity index (χ3v) is 6.16. The minimum atomic E-state index is -3.61. The summed E-state index contributed by atoms with van der Waals surface area (Å²) in [6.07, 6.45) is 0. The summed E-state index contributed by atoms with van der Waals surface area (Å²) in [6, 6.07) is 6.86. The number of hydrogen-bond donors (Lipinski definition) is 2. The molecule has 0 aliphatic heterocycles. The highest BCUT2D eigenvalue weighted by atomic mass is 35.5. The molecule has 0 radical (unpaired) electrons. The molecule has 0 amide bonds. The molecule has 1 aromatic heterocycles. The zero-order chi connectivity index (χ0) is 15.6. The number of hydrogen-bond acceptors (Lipinski definition) is 4. The summed E-state index contributed by atoms with van der Waals surface area (Å²) in [4.78, 5) is 2.07. The highest BCUT2D eigenvalue weighted by Crippen LogP contribution is 2.29. The molecule has 21 heavy (non-hydrogen) atoms. The smallest absolute Gasteiger partial charge is 0.263 e. The summed E-state index contributed by atoms with van der Waals surface area (Å²) in [5.74, 6) is 0. The summed E-state index contributed by atoms with van der Waals surface area (Å²) in [6.45, 7) is 4.24. The maximum atomic E-state index is 12.5. The molecule has 0 aliphatic carbocycles. The molecule has 0 saturated carbocycles. The van der Waals surface area contributed by atoms with E-state index in [0.717, 1.165) is 9.75 Å². The van der Waals surface area contributed by atoms with E-state index in [1.54, 1.807) is 31.2 Å². The van der Waals surface area contributed by atoms with Crippen LogP contribution < -0.4 is 10.0 Å². The van der Waals surface area contributed by atoms with Crippen molar-refractivity contribution in [2.75, 3.05) is 11.8 Å². The standard InChI is InChI=1S/C14H17ClN2O2S2/c1-9-12(15)5-4-6-13(9)17-21(18,19)14-7-11(8-16-3)20-10(14)2/h4-7,16-17H,8H2,1-3H3. The molecule has 0 fully saturated rings. The number of thiophene rings is 1. The normalized spacial score (nSPS) is 11.6. The Balaban J connectivity index is 2.36. The first kappa shape index (κ1) is 16.3. The summed E-state index contributed by atoms with van der Waals surface area (Å²) in [7, 11) is -1.78. The molecule has 4 nitrogen and oxygen atoms in total. The Hall–Kier alpha value is -1.08. The Morgan fingerprint density at radius 2 is 2.00 bits per heavy atom. The van der Waals surface area contributed by atoms with Crippen LogP contribution in [0, 0.1) is 13.8 Å². The first-order chi connectivity index (χ1) is 9.85. The fourth-order valence-electron chi connectivity index (χ4n) is 1.97. The number of rotatable bonds is 5. The van der Waals surface area contributed by atoms with Crippen molar-refractivity contribution in [1.29, 1.82) is 0 Å². The van der Waals surface area contributed by atoms with Crippen LogP contribution in [0.25, 0.3) is 0 Å². The molecule has 1 heterocycles. The maximum Gasteiger partial charge on any atom is 0.263 e. The highest BCUT2D eigenvalue weighted by molar-refractivity contribution is 7.93. The molecule has 0 unspecified atom stereocenters. The fraction of sp³-hybridized carbons (Fsp3) is 0.286. The monoisotopic (exact) mass is 344 g/mol. The summed E-state index contributed by atoms with van der Waals surface area (Å²) in [5, 5.41) is 3.56. The van der Waals surface area contributed by atoms with Gasteiger partial charge in [-0.2, -0.15) is 0 Å². The largest absolute Gasteiger partial charge is 0.315 e. The van der Waals surface area contributed by atoms with Crippen LogP contribution in [0.2, 0.25) is 5.02 Å². The van der Waals surface area contributed by atoms with Gasteiger partial charge in [-0.05, 0) is 44.7 Å². The second-order valence-electron chi connectivity index (χ2n) is 4.68. The van der Waals surface area contributed by atoms with Crippen LogP contribution in [0.15, 0.2) is 29.2 Å². The van der Waals surface area contributed by atoms with Crippen molar-refractivity contribution in [3.05, 3.63) is 44.6 Å². The van der Waals surface area contributed by atoms with E-state index in [-0.39, 0.29) is 0 Å². The van der Waals surface area contributed by atoms with Crippen molar-refractivity contribution in [1.82, 2.24) is 5.32 Å². The van der Waals surface area contributed by atoms with Gasteiger partial charge in [-0.3, -0.25) is 4.72 Å². The van der Waals surface area contributed by atoms with Crippen molar-refractivity contribution < 1.29 is 8.42 Å². The lowest BCUT2D eigenvalue weighted by Crippen LogP contribution is -2.14. The molecule has 2 N–H and O–H groups in total. The Morgan fingerprint density at radius 3 is 2.67 bits per heavy atom. The SMILES string of the molecule is CNCc1cc(S(=O)(=O)Nc2cccc(Cl)c2C)c(C)s1. The van der Waals surface area contributed by atoms with Crippen LogP contribution in [-0.2, 0) is 16.6 Å². The molecular formula is C14H17ClN2O2S2. The topological polar surface area (TPSA) is 58.2 Å². The van der Waals surface area contributed by atoms with Gasteiger partial charge in [0.2, 0.25) is 0 Å². The van der Waals surface area contributed by atoms with Crippen LogP contribution in [0.1, 0.15) is 15.3 Å². The van der Waals surface area contributed by atoms with Crippen molar-refractivity contribution >= 4 is 38.6 Å². The van der Waals surface area contributed by atoms with E-state index in [9.17, 15) is 8.42 Å². The van der Waals surface area contributed by atoms with E-state index < -0.39 is 10.0 Å². The van der Waals surface area contributed by atoms with E-state index in [4.69, 9.17) is 11.6 Å². The van der Waals surface area contributed by atoms with Crippen molar-refractivity contribution in [3.8, 4) is 0 Å². The number of aryl methyl sites for hydroxylation is 1. The lowest BCUT2D eigenvalue weighted by Gasteiger charge is -2.11. The predicted octanol–water partition coefficient (Wildman–Crippen LogP) is 3.54. The third-order valence-electron chi connectivity index (χ3n) is 3.08. The van der Waals surface area contributed by atoms with Gasteiger partial charge < -0.3 is 5.32 Å². The van der Waals surface area contributed by atoms with Crippen LogP contribution in [-0.4, -0.2) is 15.5 Å². The molecule has 0 saturated heterocycles. The van der Waals surface area contributed by atoms with Gasteiger partial charge in [0.05, 0.1) is 5.69 Å². The molecule has 2 aromatic rings. The van der Waals surface area contributed by atoms with Crippen LogP contribution in [0.5, 0.6) is 0 Å². The summed E-state index contributed by atoms with van der Waals surface area (Å²) < 4.78 is 27.7. The minimum absolute atomic E-state index is 0.317. The lowest BCUT2D eigenvalue weighted by atomic mass is 10.2. The molecule has 114 valence electrons. The number of anilines is 1. The summed E-state index contributed by atoms with van der Waals surface area (Å²) in [5.41, 5.74) is 1.22. The third kappa shape index (κ3) is 3.58.